The Kier molecular flexibility index (Phi) is 4.86. The molecule has 0 radical (unpaired) electrons. The number of anilines is 1. The topological polar surface area (TPSA) is 51.2 Å². The molecule has 0 aliphatic rings. The van der Waals surface area contributed by atoms with Crippen molar-refractivity contribution in [3.8, 4) is 5.75 Å². The molecule has 3 aromatic rings. The SMILES string of the molecule is Cc1ccccc1NC(=O)c1csc(COc2ccc(F)cc2)n1. The maximum atomic E-state index is 12.8. The van der Waals surface area contributed by atoms with Gasteiger partial charge in [0, 0.05) is 11.1 Å². The molecule has 0 unspecified atom stereocenters. The lowest BCUT2D eigenvalue weighted by atomic mass is 10.2. The Morgan fingerprint density at radius 2 is 1.96 bits per heavy atom. The minimum absolute atomic E-state index is 0.230. The van der Waals surface area contributed by atoms with Crippen molar-refractivity contribution in [3.05, 3.63) is 76.0 Å². The lowest BCUT2D eigenvalue weighted by molar-refractivity contribution is 0.102. The standard InChI is InChI=1S/C18H15FN2O2S/c1-12-4-2-3-5-15(12)21-18(22)16-11-24-17(20-16)10-23-14-8-6-13(19)7-9-14/h2-9,11H,10H2,1H3,(H,21,22). The zero-order valence-corrected chi connectivity index (χ0v) is 13.8. The predicted octanol–water partition coefficient (Wildman–Crippen LogP) is 4.42. The van der Waals surface area contributed by atoms with Crippen molar-refractivity contribution in [1.82, 2.24) is 4.98 Å². The van der Waals surface area contributed by atoms with Gasteiger partial charge in [0.25, 0.3) is 5.91 Å². The van der Waals surface area contributed by atoms with E-state index in [9.17, 15) is 9.18 Å². The normalized spacial score (nSPS) is 10.4. The van der Waals surface area contributed by atoms with Crippen LogP contribution in [0.2, 0.25) is 0 Å². The summed E-state index contributed by atoms with van der Waals surface area (Å²) in [6.45, 7) is 2.16. The number of benzene rings is 2. The molecule has 0 fully saturated rings. The number of hydrogen-bond donors (Lipinski definition) is 1. The van der Waals surface area contributed by atoms with Crippen molar-refractivity contribution >= 4 is 22.9 Å². The van der Waals surface area contributed by atoms with Crippen molar-refractivity contribution in [2.75, 3.05) is 5.32 Å². The fourth-order valence-electron chi connectivity index (χ4n) is 2.06. The fraction of sp³-hybridized carbons (Fsp3) is 0.111. The zero-order chi connectivity index (χ0) is 16.9. The second-order valence-electron chi connectivity index (χ2n) is 5.14. The van der Waals surface area contributed by atoms with Crippen LogP contribution in [0.1, 0.15) is 21.1 Å². The first kappa shape index (κ1) is 16.1. The van der Waals surface area contributed by atoms with E-state index in [1.165, 1.54) is 23.5 Å². The number of hydrogen-bond acceptors (Lipinski definition) is 4. The fourth-order valence-corrected chi connectivity index (χ4v) is 2.74. The summed E-state index contributed by atoms with van der Waals surface area (Å²) in [5, 5.41) is 5.21. The molecule has 24 heavy (non-hydrogen) atoms. The number of para-hydroxylation sites is 1. The molecule has 4 nitrogen and oxygen atoms in total. The molecule has 0 bridgehead atoms. The van der Waals surface area contributed by atoms with Crippen LogP contribution in [0.15, 0.2) is 53.9 Å². The predicted molar refractivity (Wildman–Crippen MR) is 92.0 cm³/mol. The van der Waals surface area contributed by atoms with Gasteiger partial charge in [-0.2, -0.15) is 0 Å². The molecule has 0 saturated carbocycles. The summed E-state index contributed by atoms with van der Waals surface area (Å²) >= 11 is 1.34. The second kappa shape index (κ2) is 7.23. The van der Waals surface area contributed by atoms with E-state index in [-0.39, 0.29) is 18.3 Å². The Balaban J connectivity index is 1.61. The lowest BCUT2D eigenvalue weighted by Gasteiger charge is -2.06. The summed E-state index contributed by atoms with van der Waals surface area (Å²) < 4.78 is 18.4. The van der Waals surface area contributed by atoms with Crippen LogP contribution in [0.3, 0.4) is 0 Å². The monoisotopic (exact) mass is 342 g/mol. The molecule has 2 aromatic carbocycles. The van der Waals surface area contributed by atoms with E-state index in [1.807, 2.05) is 31.2 Å². The highest BCUT2D eigenvalue weighted by Gasteiger charge is 2.12. The van der Waals surface area contributed by atoms with Crippen LogP contribution in [0.25, 0.3) is 0 Å². The Bertz CT molecular complexity index is 846. The number of nitrogens with one attached hydrogen (secondary N) is 1. The van der Waals surface area contributed by atoms with E-state index in [4.69, 9.17) is 4.74 Å². The number of amides is 1. The van der Waals surface area contributed by atoms with Gasteiger partial charge in [-0.1, -0.05) is 18.2 Å². The summed E-state index contributed by atoms with van der Waals surface area (Å²) in [6.07, 6.45) is 0. The molecule has 0 aliphatic carbocycles. The largest absolute Gasteiger partial charge is 0.486 e. The Labute approximate surface area is 142 Å². The second-order valence-corrected chi connectivity index (χ2v) is 6.08. The molecule has 1 N–H and O–H groups in total. The molecular weight excluding hydrogens is 327 g/mol. The number of aromatic nitrogens is 1. The highest BCUT2D eigenvalue weighted by Crippen LogP contribution is 2.18. The highest BCUT2D eigenvalue weighted by atomic mass is 32.1. The van der Waals surface area contributed by atoms with Crippen molar-refractivity contribution in [1.29, 1.82) is 0 Å². The van der Waals surface area contributed by atoms with E-state index in [0.717, 1.165) is 11.3 Å². The van der Waals surface area contributed by atoms with E-state index in [2.05, 4.69) is 10.3 Å². The molecular formula is C18H15FN2O2S. The van der Waals surface area contributed by atoms with Crippen molar-refractivity contribution in [3.63, 3.8) is 0 Å². The minimum atomic E-state index is -0.313. The third kappa shape index (κ3) is 3.97. The maximum absolute atomic E-state index is 12.8. The van der Waals surface area contributed by atoms with Crippen LogP contribution in [-0.4, -0.2) is 10.9 Å². The first-order valence-corrected chi connectivity index (χ1v) is 8.19. The van der Waals surface area contributed by atoms with Crippen LogP contribution in [0.4, 0.5) is 10.1 Å². The molecule has 3 rings (SSSR count). The van der Waals surface area contributed by atoms with Crippen LogP contribution in [0, 0.1) is 12.7 Å². The smallest absolute Gasteiger partial charge is 0.275 e. The number of ether oxygens (including phenoxy) is 1. The maximum Gasteiger partial charge on any atom is 0.275 e. The number of carbonyl (C=O) groups is 1. The van der Waals surface area contributed by atoms with Crippen LogP contribution in [0.5, 0.6) is 5.75 Å². The van der Waals surface area contributed by atoms with Gasteiger partial charge >= 0.3 is 0 Å². The molecule has 1 amide bonds. The molecule has 1 aromatic heterocycles. The summed E-state index contributed by atoms with van der Waals surface area (Å²) in [7, 11) is 0. The molecule has 0 spiro atoms. The molecule has 0 aliphatic heterocycles. The Morgan fingerprint density at radius 3 is 2.71 bits per heavy atom. The average Bonchev–Trinajstić information content (AvgIpc) is 3.06. The molecule has 122 valence electrons. The van der Waals surface area contributed by atoms with Crippen molar-refractivity contribution in [2.45, 2.75) is 13.5 Å². The number of rotatable bonds is 5. The minimum Gasteiger partial charge on any atom is -0.486 e. The van der Waals surface area contributed by atoms with Crippen LogP contribution >= 0.6 is 11.3 Å². The van der Waals surface area contributed by atoms with Gasteiger partial charge in [-0.25, -0.2) is 9.37 Å². The van der Waals surface area contributed by atoms with Gasteiger partial charge in [0.05, 0.1) is 0 Å². The number of halogens is 1. The molecule has 0 atom stereocenters. The van der Waals surface area contributed by atoms with Gasteiger partial charge in [-0.3, -0.25) is 4.79 Å². The van der Waals surface area contributed by atoms with Gasteiger partial charge in [-0.15, -0.1) is 11.3 Å². The van der Waals surface area contributed by atoms with E-state index in [0.29, 0.717) is 16.5 Å². The molecule has 0 saturated heterocycles. The summed E-state index contributed by atoms with van der Waals surface area (Å²) in [4.78, 5) is 16.5. The first-order chi connectivity index (χ1) is 11.6. The van der Waals surface area contributed by atoms with Gasteiger partial charge in [0.1, 0.15) is 28.9 Å². The van der Waals surface area contributed by atoms with Gasteiger partial charge in [-0.05, 0) is 42.8 Å². The van der Waals surface area contributed by atoms with Gasteiger partial charge in [0.2, 0.25) is 0 Å². The third-order valence-corrected chi connectivity index (χ3v) is 4.18. The highest BCUT2D eigenvalue weighted by molar-refractivity contribution is 7.09. The quantitative estimate of drug-likeness (QED) is 0.747. The average molecular weight is 342 g/mol. The molecule has 1 heterocycles. The molecule has 6 heteroatoms. The third-order valence-electron chi connectivity index (χ3n) is 3.35. The zero-order valence-electron chi connectivity index (χ0n) is 13.0. The Morgan fingerprint density at radius 1 is 1.21 bits per heavy atom. The number of aryl methyl sites for hydroxylation is 1. The lowest BCUT2D eigenvalue weighted by Crippen LogP contribution is -2.13. The van der Waals surface area contributed by atoms with Crippen molar-refractivity contribution < 1.29 is 13.9 Å². The van der Waals surface area contributed by atoms with Crippen LogP contribution < -0.4 is 10.1 Å². The van der Waals surface area contributed by atoms with Crippen molar-refractivity contribution in [2.24, 2.45) is 0 Å². The van der Waals surface area contributed by atoms with Crippen LogP contribution in [-0.2, 0) is 6.61 Å². The van der Waals surface area contributed by atoms with Gasteiger partial charge < -0.3 is 10.1 Å². The first-order valence-electron chi connectivity index (χ1n) is 7.31. The van der Waals surface area contributed by atoms with E-state index in [1.54, 1.807) is 17.5 Å². The number of thiazole rings is 1. The summed E-state index contributed by atoms with van der Waals surface area (Å²) in [5.41, 5.74) is 2.10. The number of nitrogens with zero attached hydrogens (tertiary/aromatic N) is 1. The van der Waals surface area contributed by atoms with E-state index >= 15 is 0 Å². The summed E-state index contributed by atoms with van der Waals surface area (Å²) in [6, 6.07) is 13.3. The van der Waals surface area contributed by atoms with Gasteiger partial charge in [0.15, 0.2) is 0 Å². The summed E-state index contributed by atoms with van der Waals surface area (Å²) in [5.74, 6) is -0.0159. The van der Waals surface area contributed by atoms with E-state index < -0.39 is 0 Å². The Hall–Kier alpha value is -2.73. The number of carbonyl (C=O) groups excluding carboxylic acids is 1.